The predicted octanol–water partition coefficient (Wildman–Crippen LogP) is 5.72. The Morgan fingerprint density at radius 1 is 0.875 bits per heavy atom. The summed E-state index contributed by atoms with van der Waals surface area (Å²) in [7, 11) is 0. The molecule has 32 heavy (non-hydrogen) atoms. The monoisotopic (exact) mass is 420 g/mol. The van der Waals surface area contributed by atoms with Gasteiger partial charge in [-0.1, -0.05) is 72.8 Å². The van der Waals surface area contributed by atoms with Gasteiger partial charge in [0.25, 0.3) is 0 Å². The second kappa shape index (κ2) is 8.47. The maximum absolute atomic E-state index is 12.9. The second-order valence-corrected chi connectivity index (χ2v) is 7.60. The summed E-state index contributed by atoms with van der Waals surface area (Å²) in [5, 5.41) is 3.29. The topological polar surface area (TPSA) is 72.2 Å². The van der Waals surface area contributed by atoms with Gasteiger partial charge in [0.2, 0.25) is 5.43 Å². The van der Waals surface area contributed by atoms with Gasteiger partial charge in [-0.2, -0.15) is 0 Å². The molecule has 0 amide bonds. The van der Waals surface area contributed by atoms with E-state index < -0.39 is 0 Å². The quantitative estimate of drug-likeness (QED) is 0.281. The molecule has 0 saturated carbocycles. The number of hydrogen-bond acceptors (Lipinski definition) is 5. The normalized spacial score (nSPS) is 12.0. The van der Waals surface area contributed by atoms with Crippen molar-refractivity contribution in [1.82, 2.24) is 4.98 Å². The fourth-order valence-electron chi connectivity index (χ4n) is 3.77. The second-order valence-electron chi connectivity index (χ2n) is 7.60. The van der Waals surface area contributed by atoms with Crippen LogP contribution in [0.25, 0.3) is 22.6 Å². The first-order valence-electron chi connectivity index (χ1n) is 10.4. The first-order valence-corrected chi connectivity index (χ1v) is 10.4. The van der Waals surface area contributed by atoms with E-state index in [0.717, 1.165) is 5.56 Å². The highest BCUT2D eigenvalue weighted by molar-refractivity contribution is 5.96. The molecular formula is C27H20N2O3. The number of carbonyl (C=O) groups excluding carboxylic acids is 1. The van der Waals surface area contributed by atoms with Crippen LogP contribution in [0.1, 0.15) is 28.4 Å². The lowest BCUT2D eigenvalue weighted by molar-refractivity contribution is 0.0976. The Kier molecular flexibility index (Phi) is 5.22. The number of carbonyl (C=O) groups is 1. The molecule has 0 spiro atoms. The highest BCUT2D eigenvalue weighted by Crippen LogP contribution is 2.28. The molecule has 156 valence electrons. The van der Waals surface area contributed by atoms with Gasteiger partial charge in [-0.25, -0.2) is 4.98 Å². The van der Waals surface area contributed by atoms with E-state index >= 15 is 0 Å². The third-order valence-corrected chi connectivity index (χ3v) is 5.40. The molecule has 1 aliphatic heterocycles. The number of fused-ring (bicyclic) bond motifs is 2. The van der Waals surface area contributed by atoms with E-state index in [1.165, 1.54) is 6.07 Å². The van der Waals surface area contributed by atoms with Crippen LogP contribution in [0.2, 0.25) is 0 Å². The number of rotatable bonds is 6. The number of aromatic nitrogens is 1. The predicted molar refractivity (Wildman–Crippen MR) is 125 cm³/mol. The van der Waals surface area contributed by atoms with E-state index in [-0.39, 0.29) is 23.7 Å². The van der Waals surface area contributed by atoms with Gasteiger partial charge < -0.3 is 9.73 Å². The van der Waals surface area contributed by atoms with Gasteiger partial charge in [-0.3, -0.25) is 9.59 Å². The lowest BCUT2D eigenvalue weighted by atomic mass is 9.97. The molecule has 1 unspecified atom stereocenters. The number of para-hydroxylation sites is 2. The molecule has 5 nitrogen and oxygen atoms in total. The van der Waals surface area contributed by atoms with Crippen LogP contribution in [0.3, 0.4) is 0 Å². The highest BCUT2D eigenvalue weighted by atomic mass is 16.3. The molecule has 5 rings (SSSR count). The van der Waals surface area contributed by atoms with Crippen molar-refractivity contribution in [3.63, 3.8) is 0 Å². The van der Waals surface area contributed by atoms with E-state index in [1.54, 1.807) is 18.2 Å². The Labute approximate surface area is 184 Å². The molecule has 1 atom stereocenters. The minimum Gasteiger partial charge on any atom is -0.453 e. The van der Waals surface area contributed by atoms with Crippen LogP contribution < -0.4 is 10.7 Å². The van der Waals surface area contributed by atoms with Crippen molar-refractivity contribution in [3.05, 3.63) is 118 Å². The summed E-state index contributed by atoms with van der Waals surface area (Å²) in [6.45, 7) is 0. The third-order valence-electron chi connectivity index (χ3n) is 5.40. The lowest BCUT2D eigenvalue weighted by Crippen LogP contribution is -2.20. The number of anilines is 1. The largest absolute Gasteiger partial charge is 0.453 e. The average molecular weight is 420 g/mol. The summed E-state index contributed by atoms with van der Waals surface area (Å²) in [6.07, 6.45) is 0.209. The van der Waals surface area contributed by atoms with Gasteiger partial charge in [-0.15, -0.1) is 0 Å². The molecule has 3 aromatic rings. The minimum absolute atomic E-state index is 0.000639. The van der Waals surface area contributed by atoms with E-state index in [2.05, 4.69) is 10.3 Å². The Bertz CT molecular complexity index is 1410. The van der Waals surface area contributed by atoms with Crippen molar-refractivity contribution in [1.29, 1.82) is 0 Å². The molecular weight excluding hydrogens is 400 g/mol. The fraction of sp³-hybridized carbons (Fsp3) is 0.0741. The molecule has 1 aliphatic carbocycles. The smallest absolute Gasteiger partial charge is 0.205 e. The van der Waals surface area contributed by atoms with E-state index in [9.17, 15) is 9.59 Å². The molecule has 0 aromatic heterocycles. The van der Waals surface area contributed by atoms with Crippen molar-refractivity contribution in [2.24, 2.45) is 0 Å². The zero-order chi connectivity index (χ0) is 21.9. The zero-order valence-corrected chi connectivity index (χ0v) is 17.2. The van der Waals surface area contributed by atoms with Crippen LogP contribution in [-0.4, -0.2) is 10.8 Å². The van der Waals surface area contributed by atoms with Gasteiger partial charge in [-0.05, 0) is 23.8 Å². The third kappa shape index (κ3) is 4.01. The maximum atomic E-state index is 12.9. The first-order chi connectivity index (χ1) is 15.7. The molecule has 1 N–H and O–H groups in total. The number of Topliss-reactive ketones (excluding diaryl/α,β-unsaturated/α-hetero) is 1. The van der Waals surface area contributed by atoms with E-state index in [0.29, 0.717) is 33.8 Å². The number of nitrogens with zero attached hydrogens (tertiary/aromatic N) is 1. The molecule has 5 heteroatoms. The highest BCUT2D eigenvalue weighted by Gasteiger charge is 2.20. The first kappa shape index (κ1) is 19.7. The SMILES string of the molecule is O=C(CC(Nc1cc2nc3ccccc3oc-2cc1=O)c1ccccc1)c1ccccc1. The molecule has 1 heterocycles. The summed E-state index contributed by atoms with van der Waals surface area (Å²) in [5.74, 6) is 0.426. The minimum atomic E-state index is -0.369. The van der Waals surface area contributed by atoms with Crippen LogP contribution in [0.4, 0.5) is 5.69 Å². The van der Waals surface area contributed by atoms with Crippen molar-refractivity contribution in [2.45, 2.75) is 12.5 Å². The maximum Gasteiger partial charge on any atom is 0.205 e. The van der Waals surface area contributed by atoms with Crippen LogP contribution in [0.15, 0.2) is 106 Å². The van der Waals surface area contributed by atoms with E-state index in [1.807, 2.05) is 72.8 Å². The molecule has 3 aromatic carbocycles. The molecule has 0 bridgehead atoms. The number of benzene rings is 4. The van der Waals surface area contributed by atoms with Gasteiger partial charge in [0, 0.05) is 18.1 Å². The molecule has 0 radical (unpaired) electrons. The Balaban J connectivity index is 1.52. The summed E-state index contributed by atoms with van der Waals surface area (Å²) >= 11 is 0. The van der Waals surface area contributed by atoms with Crippen molar-refractivity contribution in [3.8, 4) is 11.5 Å². The van der Waals surface area contributed by atoms with Gasteiger partial charge in [0.15, 0.2) is 17.1 Å². The van der Waals surface area contributed by atoms with Crippen molar-refractivity contribution >= 4 is 22.6 Å². The Morgan fingerprint density at radius 3 is 2.34 bits per heavy atom. The van der Waals surface area contributed by atoms with Gasteiger partial charge in [0.1, 0.15) is 11.2 Å². The summed E-state index contributed by atoms with van der Waals surface area (Å²) in [4.78, 5) is 30.4. The van der Waals surface area contributed by atoms with E-state index in [4.69, 9.17) is 4.42 Å². The number of nitrogens with one attached hydrogen (secondary N) is 1. The Morgan fingerprint density at radius 2 is 1.56 bits per heavy atom. The average Bonchev–Trinajstić information content (AvgIpc) is 2.84. The Hall–Kier alpha value is -4.25. The number of ketones is 1. The van der Waals surface area contributed by atoms with Crippen LogP contribution >= 0.6 is 0 Å². The summed E-state index contributed by atoms with van der Waals surface area (Å²) < 4.78 is 5.85. The van der Waals surface area contributed by atoms with Crippen molar-refractivity contribution < 1.29 is 9.21 Å². The van der Waals surface area contributed by atoms with Crippen LogP contribution in [0.5, 0.6) is 0 Å². The van der Waals surface area contributed by atoms with Gasteiger partial charge >= 0.3 is 0 Å². The lowest BCUT2D eigenvalue weighted by Gasteiger charge is -2.20. The molecule has 2 aliphatic rings. The van der Waals surface area contributed by atoms with Gasteiger partial charge in [0.05, 0.1) is 11.7 Å². The van der Waals surface area contributed by atoms with Crippen molar-refractivity contribution in [2.75, 3.05) is 5.32 Å². The summed E-state index contributed by atoms with van der Waals surface area (Å²) in [6, 6.07) is 29.0. The fourth-order valence-corrected chi connectivity index (χ4v) is 3.77. The molecule has 0 saturated heterocycles. The van der Waals surface area contributed by atoms with Crippen LogP contribution in [0, 0.1) is 0 Å². The standard InChI is InChI=1S/C27H20N2O3/c30-24(19-11-5-2-6-12-19)16-21(18-9-3-1-4-10-18)29-22-15-23-27(17-25(22)31)32-26-14-8-7-13-20(26)28-23/h1-15,17,21,29H,16H2. The van der Waals surface area contributed by atoms with Crippen LogP contribution in [-0.2, 0) is 0 Å². The molecule has 0 fully saturated rings. The zero-order valence-electron chi connectivity index (χ0n) is 17.2. The summed E-state index contributed by atoms with van der Waals surface area (Å²) in [5.41, 5.74) is 3.64. The number of hydrogen-bond donors (Lipinski definition) is 1.